The number of fused-ring (bicyclic) bond motifs is 1. The Balaban J connectivity index is 1.30. The smallest absolute Gasteiger partial charge is 0.255 e. The third-order valence-electron chi connectivity index (χ3n) is 5.50. The molecule has 1 aromatic rings. The molecule has 0 aliphatic carbocycles. The lowest BCUT2D eigenvalue weighted by atomic mass is 10.0. The fraction of sp³-hybridized carbons (Fsp3) is 0.609. The number of anilines is 1. The SMILES string of the molecule is O=C1CCC(N2Cc3c(NCCOCCOCCOCCOCCO)cccc3C2=O)C(=O)N1. The van der Waals surface area contributed by atoms with Gasteiger partial charge < -0.3 is 34.3 Å². The monoisotopic (exact) mass is 479 g/mol. The van der Waals surface area contributed by atoms with Crippen LogP contribution in [-0.4, -0.2) is 99.8 Å². The van der Waals surface area contributed by atoms with Gasteiger partial charge in [-0.15, -0.1) is 0 Å². The highest BCUT2D eigenvalue weighted by molar-refractivity contribution is 6.06. The molecule has 0 radical (unpaired) electrons. The fourth-order valence-electron chi connectivity index (χ4n) is 3.84. The number of hydrogen-bond acceptors (Lipinski definition) is 9. The molecule has 1 unspecified atom stereocenters. The summed E-state index contributed by atoms with van der Waals surface area (Å²) in [4.78, 5) is 38.0. The Bertz CT molecular complexity index is 834. The van der Waals surface area contributed by atoms with E-state index in [0.717, 1.165) is 11.3 Å². The Morgan fingerprint density at radius 1 is 0.941 bits per heavy atom. The van der Waals surface area contributed by atoms with Crippen LogP contribution in [-0.2, 0) is 35.1 Å². The van der Waals surface area contributed by atoms with E-state index in [4.69, 9.17) is 24.1 Å². The van der Waals surface area contributed by atoms with Crippen molar-refractivity contribution in [3.8, 4) is 0 Å². The molecule has 2 heterocycles. The number of hydrogen-bond donors (Lipinski definition) is 3. The maximum atomic E-state index is 12.8. The molecule has 3 amide bonds. The first-order valence-electron chi connectivity index (χ1n) is 11.5. The summed E-state index contributed by atoms with van der Waals surface area (Å²) in [5.74, 6) is -0.906. The zero-order valence-electron chi connectivity index (χ0n) is 19.3. The average Bonchev–Trinajstić information content (AvgIpc) is 3.16. The van der Waals surface area contributed by atoms with Gasteiger partial charge in [0.25, 0.3) is 5.91 Å². The van der Waals surface area contributed by atoms with Gasteiger partial charge in [0.2, 0.25) is 11.8 Å². The van der Waals surface area contributed by atoms with E-state index in [2.05, 4.69) is 10.6 Å². The second-order valence-corrected chi connectivity index (χ2v) is 7.83. The predicted molar refractivity (Wildman–Crippen MR) is 121 cm³/mol. The van der Waals surface area contributed by atoms with Gasteiger partial charge in [-0.25, -0.2) is 0 Å². The Labute approximate surface area is 198 Å². The summed E-state index contributed by atoms with van der Waals surface area (Å²) in [7, 11) is 0. The second kappa shape index (κ2) is 14.0. The predicted octanol–water partition coefficient (Wildman–Crippen LogP) is -0.0818. The fourth-order valence-corrected chi connectivity index (χ4v) is 3.84. The molecule has 0 bridgehead atoms. The number of benzene rings is 1. The van der Waals surface area contributed by atoms with E-state index in [1.807, 2.05) is 12.1 Å². The summed E-state index contributed by atoms with van der Waals surface area (Å²) in [6.07, 6.45) is 0.574. The molecule has 3 N–H and O–H groups in total. The van der Waals surface area contributed by atoms with Gasteiger partial charge in [0.05, 0.1) is 59.5 Å². The van der Waals surface area contributed by atoms with Crippen molar-refractivity contribution < 1.29 is 38.4 Å². The first kappa shape index (κ1) is 26.0. The quantitative estimate of drug-likeness (QED) is 0.220. The maximum absolute atomic E-state index is 12.8. The lowest BCUT2D eigenvalue weighted by Crippen LogP contribution is -2.52. The van der Waals surface area contributed by atoms with Crippen molar-refractivity contribution in [3.05, 3.63) is 29.3 Å². The van der Waals surface area contributed by atoms with Crippen LogP contribution in [0, 0.1) is 0 Å². The first-order valence-corrected chi connectivity index (χ1v) is 11.5. The lowest BCUT2D eigenvalue weighted by molar-refractivity contribution is -0.136. The molecule has 2 aliphatic heterocycles. The molecule has 1 saturated heterocycles. The Morgan fingerprint density at radius 3 is 2.24 bits per heavy atom. The van der Waals surface area contributed by atoms with Gasteiger partial charge in [-0.05, 0) is 18.6 Å². The van der Waals surface area contributed by atoms with Crippen molar-refractivity contribution in [2.24, 2.45) is 0 Å². The van der Waals surface area contributed by atoms with Crippen LogP contribution in [0.3, 0.4) is 0 Å². The number of carbonyl (C=O) groups is 3. The highest BCUT2D eigenvalue weighted by Gasteiger charge is 2.39. The highest BCUT2D eigenvalue weighted by atomic mass is 16.6. The van der Waals surface area contributed by atoms with Crippen molar-refractivity contribution in [2.75, 3.05) is 71.3 Å². The standard InChI is InChI=1S/C23H33N3O8/c27-7-9-32-11-13-34-15-14-33-12-10-31-8-6-24-19-3-1-2-17-18(19)16-26(23(17)30)20-4-5-21(28)25-22(20)29/h1-3,20,24,27H,4-16H2,(H,25,28,29). The normalized spacial score (nSPS) is 17.7. The van der Waals surface area contributed by atoms with Gasteiger partial charge in [-0.1, -0.05) is 6.07 Å². The molecule has 2 aliphatic rings. The van der Waals surface area contributed by atoms with Crippen molar-refractivity contribution in [3.63, 3.8) is 0 Å². The van der Waals surface area contributed by atoms with E-state index in [1.54, 1.807) is 6.07 Å². The minimum Gasteiger partial charge on any atom is -0.394 e. The van der Waals surface area contributed by atoms with Crippen LogP contribution >= 0.6 is 0 Å². The Hall–Kier alpha value is -2.57. The van der Waals surface area contributed by atoms with Gasteiger partial charge in [-0.3, -0.25) is 19.7 Å². The largest absolute Gasteiger partial charge is 0.394 e. The minimum absolute atomic E-state index is 0.00895. The Morgan fingerprint density at radius 2 is 1.59 bits per heavy atom. The molecule has 1 atom stereocenters. The number of rotatable bonds is 16. The summed E-state index contributed by atoms with van der Waals surface area (Å²) >= 11 is 0. The van der Waals surface area contributed by atoms with E-state index in [0.29, 0.717) is 77.9 Å². The minimum atomic E-state index is -0.626. The molecule has 0 aromatic heterocycles. The summed E-state index contributed by atoms with van der Waals surface area (Å²) in [6, 6.07) is 4.84. The molecular formula is C23H33N3O8. The lowest BCUT2D eigenvalue weighted by Gasteiger charge is -2.29. The van der Waals surface area contributed by atoms with Crippen LogP contribution < -0.4 is 10.6 Å². The number of aliphatic hydroxyl groups excluding tert-OH is 1. The summed E-state index contributed by atoms with van der Waals surface area (Å²) in [5, 5.41) is 14.2. The first-order chi connectivity index (χ1) is 16.6. The van der Waals surface area contributed by atoms with Crippen LogP contribution in [0.2, 0.25) is 0 Å². The number of imide groups is 1. The molecule has 0 spiro atoms. The zero-order chi connectivity index (χ0) is 24.2. The third kappa shape index (κ3) is 7.47. The van der Waals surface area contributed by atoms with E-state index in [-0.39, 0.29) is 24.8 Å². The van der Waals surface area contributed by atoms with Crippen molar-refractivity contribution in [1.82, 2.24) is 10.2 Å². The van der Waals surface area contributed by atoms with Crippen LogP contribution in [0.25, 0.3) is 0 Å². The van der Waals surface area contributed by atoms with E-state index in [1.165, 1.54) is 4.90 Å². The third-order valence-corrected chi connectivity index (χ3v) is 5.50. The number of piperidine rings is 1. The number of carbonyl (C=O) groups excluding carboxylic acids is 3. The summed E-state index contributed by atoms with van der Waals surface area (Å²) in [5.41, 5.74) is 2.26. The van der Waals surface area contributed by atoms with Crippen molar-refractivity contribution in [2.45, 2.75) is 25.4 Å². The molecular weight excluding hydrogens is 446 g/mol. The number of nitrogens with zero attached hydrogens (tertiary/aromatic N) is 1. The molecule has 34 heavy (non-hydrogen) atoms. The molecule has 1 fully saturated rings. The van der Waals surface area contributed by atoms with Gasteiger partial charge in [0, 0.05) is 36.3 Å². The van der Waals surface area contributed by atoms with Gasteiger partial charge in [0.15, 0.2) is 0 Å². The van der Waals surface area contributed by atoms with Crippen LogP contribution in [0.5, 0.6) is 0 Å². The topological polar surface area (TPSA) is 136 Å². The maximum Gasteiger partial charge on any atom is 0.255 e. The molecule has 11 nitrogen and oxygen atoms in total. The van der Waals surface area contributed by atoms with Gasteiger partial charge in [0.1, 0.15) is 6.04 Å². The van der Waals surface area contributed by atoms with Crippen LogP contribution in [0.15, 0.2) is 18.2 Å². The second-order valence-electron chi connectivity index (χ2n) is 7.83. The summed E-state index contributed by atoms with van der Waals surface area (Å²) in [6.45, 7) is 4.44. The van der Waals surface area contributed by atoms with Crippen molar-refractivity contribution in [1.29, 1.82) is 0 Å². The number of aliphatic hydroxyl groups is 1. The van der Waals surface area contributed by atoms with Crippen LogP contribution in [0.1, 0.15) is 28.8 Å². The van der Waals surface area contributed by atoms with Crippen LogP contribution in [0.4, 0.5) is 5.69 Å². The molecule has 188 valence electrons. The zero-order valence-corrected chi connectivity index (χ0v) is 19.3. The molecule has 0 saturated carbocycles. The molecule has 11 heteroatoms. The number of amides is 3. The summed E-state index contributed by atoms with van der Waals surface area (Å²) < 4.78 is 21.4. The number of ether oxygens (including phenoxy) is 4. The average molecular weight is 480 g/mol. The van der Waals surface area contributed by atoms with Crippen molar-refractivity contribution >= 4 is 23.4 Å². The van der Waals surface area contributed by atoms with E-state index in [9.17, 15) is 14.4 Å². The van der Waals surface area contributed by atoms with E-state index < -0.39 is 11.9 Å². The number of nitrogens with one attached hydrogen (secondary N) is 2. The Kier molecular flexibility index (Phi) is 10.7. The van der Waals surface area contributed by atoms with E-state index >= 15 is 0 Å². The molecule has 3 rings (SSSR count). The van der Waals surface area contributed by atoms with Gasteiger partial charge in [-0.2, -0.15) is 0 Å². The van der Waals surface area contributed by atoms with Gasteiger partial charge >= 0.3 is 0 Å². The highest BCUT2D eigenvalue weighted by Crippen LogP contribution is 2.32. The molecule has 1 aromatic carbocycles.